The largest absolute Gasteiger partial charge is 0.496 e. The molecule has 98 valence electrons. The minimum absolute atomic E-state index is 0.193. The normalized spacial score (nSPS) is 16.4. The number of hydrogen-bond donors (Lipinski definition) is 1. The summed E-state index contributed by atoms with van der Waals surface area (Å²) in [5, 5.41) is 9.07. The first-order chi connectivity index (χ1) is 8.41. The Labute approximate surface area is 115 Å². The van der Waals surface area contributed by atoms with Crippen LogP contribution in [0.25, 0.3) is 0 Å². The summed E-state index contributed by atoms with van der Waals surface area (Å²) in [5.74, 6) is 0.128. The van der Waals surface area contributed by atoms with E-state index >= 15 is 0 Å². The zero-order valence-electron chi connectivity index (χ0n) is 10.8. The highest BCUT2D eigenvalue weighted by Gasteiger charge is 2.48. The fraction of sp³-hybridized carbons (Fsp3) is 0.500. The minimum Gasteiger partial charge on any atom is -0.496 e. The van der Waals surface area contributed by atoms with Crippen LogP contribution >= 0.6 is 15.9 Å². The van der Waals surface area contributed by atoms with Crippen LogP contribution in [0.1, 0.15) is 36.0 Å². The van der Waals surface area contributed by atoms with E-state index in [1.165, 1.54) is 0 Å². The summed E-state index contributed by atoms with van der Waals surface area (Å²) in [7, 11) is 1.66. The number of carboxylic acids is 1. The van der Waals surface area contributed by atoms with Crippen molar-refractivity contribution in [3.05, 3.63) is 27.2 Å². The average molecular weight is 313 g/mol. The van der Waals surface area contributed by atoms with Crippen molar-refractivity contribution < 1.29 is 14.6 Å². The maximum Gasteiger partial charge on any atom is 0.304 e. The lowest BCUT2D eigenvalue weighted by molar-refractivity contribution is -0.137. The van der Waals surface area contributed by atoms with Crippen molar-refractivity contribution in [2.24, 2.45) is 0 Å². The molecule has 0 amide bonds. The number of hydrogen-bond acceptors (Lipinski definition) is 2. The van der Waals surface area contributed by atoms with E-state index in [0.717, 1.165) is 39.8 Å². The molecule has 1 aliphatic rings. The topological polar surface area (TPSA) is 46.5 Å². The van der Waals surface area contributed by atoms with Crippen LogP contribution in [0.5, 0.6) is 5.75 Å². The Morgan fingerprint density at radius 1 is 1.50 bits per heavy atom. The molecule has 0 heterocycles. The van der Waals surface area contributed by atoms with Gasteiger partial charge in [-0.1, -0.05) is 15.9 Å². The fourth-order valence-electron chi connectivity index (χ4n) is 2.84. The van der Waals surface area contributed by atoms with Crippen LogP contribution in [-0.2, 0) is 10.2 Å². The van der Waals surface area contributed by atoms with Crippen LogP contribution < -0.4 is 4.74 Å². The van der Waals surface area contributed by atoms with Crippen LogP contribution in [0.3, 0.4) is 0 Å². The number of ether oxygens (including phenoxy) is 1. The Morgan fingerprint density at radius 3 is 2.56 bits per heavy atom. The number of halogens is 1. The van der Waals surface area contributed by atoms with Gasteiger partial charge in [0, 0.05) is 9.89 Å². The molecule has 18 heavy (non-hydrogen) atoms. The van der Waals surface area contributed by atoms with Crippen molar-refractivity contribution in [2.45, 2.75) is 38.5 Å². The summed E-state index contributed by atoms with van der Waals surface area (Å²) in [6.07, 6.45) is 2.06. The van der Waals surface area contributed by atoms with Gasteiger partial charge >= 0.3 is 5.97 Å². The predicted octanol–water partition coefficient (Wildman–Crippen LogP) is 3.58. The van der Waals surface area contributed by atoms with E-state index in [-0.39, 0.29) is 11.8 Å². The van der Waals surface area contributed by atoms with Crippen LogP contribution in [0.15, 0.2) is 10.5 Å². The summed E-state index contributed by atoms with van der Waals surface area (Å²) < 4.78 is 6.43. The number of methoxy groups -OCH3 is 1. The van der Waals surface area contributed by atoms with Gasteiger partial charge in [-0.05, 0) is 49.4 Å². The molecule has 1 aromatic rings. The van der Waals surface area contributed by atoms with Crippen LogP contribution in [0.4, 0.5) is 0 Å². The molecule has 2 rings (SSSR count). The number of benzene rings is 1. The highest BCUT2D eigenvalue weighted by atomic mass is 79.9. The molecule has 0 aliphatic heterocycles. The van der Waals surface area contributed by atoms with Gasteiger partial charge in [-0.25, -0.2) is 0 Å². The molecule has 1 fully saturated rings. The van der Waals surface area contributed by atoms with Gasteiger partial charge in [0.05, 0.1) is 13.5 Å². The lowest BCUT2D eigenvalue weighted by Gasteiger charge is -2.21. The van der Waals surface area contributed by atoms with Crippen LogP contribution in [-0.4, -0.2) is 18.2 Å². The molecule has 1 aromatic carbocycles. The summed E-state index contributed by atoms with van der Waals surface area (Å²) in [6.45, 7) is 4.00. The second-order valence-corrected chi connectivity index (χ2v) is 5.91. The first-order valence-corrected chi connectivity index (χ1v) is 6.76. The smallest absolute Gasteiger partial charge is 0.304 e. The van der Waals surface area contributed by atoms with E-state index in [1.54, 1.807) is 7.11 Å². The van der Waals surface area contributed by atoms with Gasteiger partial charge in [0.15, 0.2) is 0 Å². The highest BCUT2D eigenvalue weighted by molar-refractivity contribution is 9.10. The van der Waals surface area contributed by atoms with Crippen molar-refractivity contribution in [3.8, 4) is 5.75 Å². The Bertz CT molecular complexity index is 504. The molecule has 1 N–H and O–H groups in total. The Morgan fingerprint density at radius 2 is 2.11 bits per heavy atom. The van der Waals surface area contributed by atoms with Gasteiger partial charge in [-0.15, -0.1) is 0 Å². The summed E-state index contributed by atoms with van der Waals surface area (Å²) in [5.41, 5.74) is 3.03. The number of aryl methyl sites for hydroxylation is 1. The standard InChI is InChI=1S/C14H17BrO3/c1-8-6-10(15)12(9(2)13(8)18-3)14(4-5-14)7-11(16)17/h6H,4-5,7H2,1-3H3,(H,16,17). The van der Waals surface area contributed by atoms with E-state index in [1.807, 2.05) is 19.9 Å². The van der Waals surface area contributed by atoms with Gasteiger partial charge in [0.1, 0.15) is 5.75 Å². The molecule has 3 nitrogen and oxygen atoms in total. The van der Waals surface area contributed by atoms with Crippen molar-refractivity contribution in [1.82, 2.24) is 0 Å². The van der Waals surface area contributed by atoms with Crippen LogP contribution in [0.2, 0.25) is 0 Å². The van der Waals surface area contributed by atoms with Gasteiger partial charge in [0.2, 0.25) is 0 Å². The molecule has 0 atom stereocenters. The van der Waals surface area contributed by atoms with E-state index in [9.17, 15) is 4.79 Å². The third kappa shape index (κ3) is 2.14. The third-order valence-electron chi connectivity index (χ3n) is 3.73. The Kier molecular flexibility index (Phi) is 3.41. The first kappa shape index (κ1) is 13.4. The molecule has 1 saturated carbocycles. The summed E-state index contributed by atoms with van der Waals surface area (Å²) in [6, 6.07) is 2.02. The molecule has 0 bridgehead atoms. The maximum atomic E-state index is 11.0. The molecular weight excluding hydrogens is 296 g/mol. The van der Waals surface area contributed by atoms with Crippen molar-refractivity contribution in [1.29, 1.82) is 0 Å². The van der Waals surface area contributed by atoms with Crippen molar-refractivity contribution >= 4 is 21.9 Å². The van der Waals surface area contributed by atoms with E-state index in [4.69, 9.17) is 9.84 Å². The molecule has 0 aromatic heterocycles. The molecule has 0 unspecified atom stereocenters. The van der Waals surface area contributed by atoms with Crippen molar-refractivity contribution in [3.63, 3.8) is 0 Å². The minimum atomic E-state index is -0.738. The van der Waals surface area contributed by atoms with Gasteiger partial charge in [-0.2, -0.15) is 0 Å². The molecule has 0 radical (unpaired) electrons. The van der Waals surface area contributed by atoms with Gasteiger partial charge in [0.25, 0.3) is 0 Å². The number of carboxylic acid groups (broad SMARTS) is 1. The maximum absolute atomic E-state index is 11.0. The van der Waals surface area contributed by atoms with Crippen LogP contribution in [0, 0.1) is 13.8 Å². The quantitative estimate of drug-likeness (QED) is 0.924. The van der Waals surface area contributed by atoms with E-state index in [2.05, 4.69) is 15.9 Å². The van der Waals surface area contributed by atoms with E-state index < -0.39 is 5.97 Å². The molecular formula is C14H17BrO3. The monoisotopic (exact) mass is 312 g/mol. The molecule has 1 aliphatic carbocycles. The van der Waals surface area contributed by atoms with Gasteiger partial charge < -0.3 is 9.84 Å². The molecule has 0 saturated heterocycles. The predicted molar refractivity (Wildman–Crippen MR) is 73.3 cm³/mol. The second kappa shape index (κ2) is 4.57. The zero-order valence-corrected chi connectivity index (χ0v) is 12.4. The van der Waals surface area contributed by atoms with Gasteiger partial charge in [-0.3, -0.25) is 4.79 Å². The number of carbonyl (C=O) groups is 1. The summed E-state index contributed by atoms with van der Waals surface area (Å²) in [4.78, 5) is 11.0. The highest BCUT2D eigenvalue weighted by Crippen LogP contribution is 2.55. The van der Waals surface area contributed by atoms with Crippen molar-refractivity contribution in [2.75, 3.05) is 7.11 Å². The third-order valence-corrected chi connectivity index (χ3v) is 4.36. The van der Waals surface area contributed by atoms with E-state index in [0.29, 0.717) is 0 Å². The fourth-order valence-corrected chi connectivity index (χ4v) is 3.90. The molecule has 4 heteroatoms. The first-order valence-electron chi connectivity index (χ1n) is 5.97. The Hall–Kier alpha value is -1.03. The average Bonchev–Trinajstić information content (AvgIpc) is 2.96. The lowest BCUT2D eigenvalue weighted by Crippen LogP contribution is -2.16. The Balaban J connectivity index is 2.54. The number of rotatable bonds is 4. The number of aliphatic carboxylic acids is 1. The zero-order chi connectivity index (χ0) is 13.5. The summed E-state index contributed by atoms with van der Waals surface area (Å²) >= 11 is 3.58. The second-order valence-electron chi connectivity index (χ2n) is 5.06. The molecule has 0 spiro atoms. The SMILES string of the molecule is COc1c(C)cc(Br)c(C2(CC(=O)O)CC2)c1C. The lowest BCUT2D eigenvalue weighted by atomic mass is 9.87.